The van der Waals surface area contributed by atoms with E-state index in [-0.39, 0.29) is 5.54 Å². The lowest BCUT2D eigenvalue weighted by atomic mass is 9.86. The van der Waals surface area contributed by atoms with Crippen molar-refractivity contribution < 1.29 is 4.74 Å². The summed E-state index contributed by atoms with van der Waals surface area (Å²) in [6.45, 7) is 6.04. The smallest absolute Gasteiger partial charge is 0.0642 e. The molecule has 2 aromatic rings. The summed E-state index contributed by atoms with van der Waals surface area (Å²) in [5.41, 5.74) is 4.30. The van der Waals surface area contributed by atoms with Crippen molar-refractivity contribution in [1.82, 2.24) is 4.90 Å². The minimum absolute atomic E-state index is 0.157. The predicted molar refractivity (Wildman–Crippen MR) is 110 cm³/mol. The van der Waals surface area contributed by atoms with E-state index in [9.17, 15) is 0 Å². The summed E-state index contributed by atoms with van der Waals surface area (Å²) in [6, 6.07) is 20.0. The van der Waals surface area contributed by atoms with Gasteiger partial charge in [0.25, 0.3) is 0 Å². The number of hydrogen-bond donors (Lipinski definition) is 0. The fourth-order valence-electron chi connectivity index (χ4n) is 3.61. The minimum atomic E-state index is 0.157. The van der Waals surface area contributed by atoms with Crippen LogP contribution in [0.5, 0.6) is 0 Å². The molecule has 0 amide bonds. The highest BCUT2D eigenvalue weighted by molar-refractivity contribution is 5.48. The first-order valence-electron chi connectivity index (χ1n) is 9.70. The first-order valence-corrected chi connectivity index (χ1v) is 9.70. The highest BCUT2D eigenvalue weighted by Gasteiger charge is 2.27. The number of anilines is 1. The van der Waals surface area contributed by atoms with Gasteiger partial charge in [0.2, 0.25) is 0 Å². The number of morpholine rings is 1. The van der Waals surface area contributed by atoms with Gasteiger partial charge in [-0.25, -0.2) is 0 Å². The quantitative estimate of drug-likeness (QED) is 0.748. The van der Waals surface area contributed by atoms with E-state index in [1.54, 1.807) is 0 Å². The SMILES string of the molecule is CN(C)[C@@](C)(CCc1ccc(N2CCOCC2)cc1)Cc1ccccc1. The van der Waals surface area contributed by atoms with Crippen LogP contribution < -0.4 is 4.90 Å². The Labute approximate surface area is 158 Å². The molecule has 3 heteroatoms. The molecule has 26 heavy (non-hydrogen) atoms. The fraction of sp³-hybridized carbons (Fsp3) is 0.478. The summed E-state index contributed by atoms with van der Waals surface area (Å²) in [5.74, 6) is 0. The molecule has 2 aromatic carbocycles. The van der Waals surface area contributed by atoms with Crippen molar-refractivity contribution >= 4 is 5.69 Å². The van der Waals surface area contributed by atoms with E-state index in [0.717, 1.165) is 45.6 Å². The zero-order chi connectivity index (χ0) is 18.4. The number of rotatable bonds is 7. The van der Waals surface area contributed by atoms with Crippen molar-refractivity contribution in [3.8, 4) is 0 Å². The largest absolute Gasteiger partial charge is 0.378 e. The van der Waals surface area contributed by atoms with E-state index in [4.69, 9.17) is 4.74 Å². The molecule has 0 aromatic heterocycles. The Bertz CT molecular complexity index is 662. The number of ether oxygens (including phenoxy) is 1. The zero-order valence-electron chi connectivity index (χ0n) is 16.4. The van der Waals surface area contributed by atoms with Crippen LogP contribution in [-0.4, -0.2) is 50.8 Å². The van der Waals surface area contributed by atoms with E-state index < -0.39 is 0 Å². The molecule has 0 spiro atoms. The van der Waals surface area contributed by atoms with Gasteiger partial charge < -0.3 is 14.5 Å². The summed E-state index contributed by atoms with van der Waals surface area (Å²) in [5, 5.41) is 0. The standard InChI is InChI=1S/C23H32N2O/c1-23(24(2)3,19-21-7-5-4-6-8-21)14-13-20-9-11-22(12-10-20)25-15-17-26-18-16-25/h4-12H,13-19H2,1-3H3/t23-/m0/s1. The van der Waals surface area contributed by atoms with E-state index in [2.05, 4.69) is 85.4 Å². The lowest BCUT2D eigenvalue weighted by molar-refractivity contribution is 0.122. The second-order valence-electron chi connectivity index (χ2n) is 7.82. The van der Waals surface area contributed by atoms with E-state index in [1.165, 1.54) is 16.8 Å². The predicted octanol–water partition coefficient (Wildman–Crippen LogP) is 4.02. The van der Waals surface area contributed by atoms with Crippen LogP contribution >= 0.6 is 0 Å². The molecule has 1 fully saturated rings. The van der Waals surface area contributed by atoms with Crippen LogP contribution in [0.25, 0.3) is 0 Å². The summed E-state index contributed by atoms with van der Waals surface area (Å²) in [6.07, 6.45) is 3.32. The highest BCUT2D eigenvalue weighted by atomic mass is 16.5. The Morgan fingerprint density at radius 2 is 1.58 bits per heavy atom. The van der Waals surface area contributed by atoms with Crippen molar-refractivity contribution in [1.29, 1.82) is 0 Å². The monoisotopic (exact) mass is 352 g/mol. The van der Waals surface area contributed by atoms with Gasteiger partial charge in [0.1, 0.15) is 0 Å². The average molecular weight is 353 g/mol. The summed E-state index contributed by atoms with van der Waals surface area (Å²) in [7, 11) is 4.40. The molecule has 0 unspecified atom stereocenters. The van der Waals surface area contributed by atoms with Crippen molar-refractivity contribution in [2.75, 3.05) is 45.3 Å². The Balaban J connectivity index is 1.61. The normalized spacial score (nSPS) is 17.3. The fourth-order valence-corrected chi connectivity index (χ4v) is 3.61. The van der Waals surface area contributed by atoms with Gasteiger partial charge in [0.05, 0.1) is 13.2 Å². The molecule has 1 atom stereocenters. The van der Waals surface area contributed by atoms with Gasteiger partial charge in [0.15, 0.2) is 0 Å². The van der Waals surface area contributed by atoms with Gasteiger partial charge in [-0.05, 0) is 63.5 Å². The molecule has 1 saturated heterocycles. The number of nitrogens with zero attached hydrogens (tertiary/aromatic N) is 2. The van der Waals surface area contributed by atoms with Gasteiger partial charge in [-0.15, -0.1) is 0 Å². The minimum Gasteiger partial charge on any atom is -0.378 e. The molecule has 0 N–H and O–H groups in total. The Kier molecular flexibility index (Phi) is 6.33. The van der Waals surface area contributed by atoms with Crippen LogP contribution in [-0.2, 0) is 17.6 Å². The molecule has 0 radical (unpaired) electrons. The Hall–Kier alpha value is -1.84. The molecule has 3 nitrogen and oxygen atoms in total. The maximum atomic E-state index is 5.45. The van der Waals surface area contributed by atoms with Crippen LogP contribution in [0.2, 0.25) is 0 Å². The van der Waals surface area contributed by atoms with Gasteiger partial charge in [-0.1, -0.05) is 42.5 Å². The third-order valence-corrected chi connectivity index (χ3v) is 5.77. The summed E-state index contributed by atoms with van der Waals surface area (Å²) in [4.78, 5) is 4.79. The van der Waals surface area contributed by atoms with Crippen molar-refractivity contribution in [2.45, 2.75) is 31.7 Å². The van der Waals surface area contributed by atoms with Gasteiger partial charge >= 0.3 is 0 Å². The van der Waals surface area contributed by atoms with Crippen LogP contribution in [0, 0.1) is 0 Å². The lowest BCUT2D eigenvalue weighted by Gasteiger charge is -2.37. The number of likely N-dealkylation sites (N-methyl/N-ethyl adjacent to an activating group) is 1. The van der Waals surface area contributed by atoms with E-state index in [1.807, 2.05) is 0 Å². The van der Waals surface area contributed by atoms with Crippen LogP contribution in [0.3, 0.4) is 0 Å². The summed E-state index contributed by atoms with van der Waals surface area (Å²) < 4.78 is 5.45. The van der Waals surface area contributed by atoms with E-state index in [0.29, 0.717) is 0 Å². The summed E-state index contributed by atoms with van der Waals surface area (Å²) >= 11 is 0. The highest BCUT2D eigenvalue weighted by Crippen LogP contribution is 2.25. The molecular weight excluding hydrogens is 320 g/mol. The maximum Gasteiger partial charge on any atom is 0.0642 e. The topological polar surface area (TPSA) is 15.7 Å². The first-order chi connectivity index (χ1) is 12.6. The molecule has 1 aliphatic heterocycles. The molecule has 3 rings (SSSR count). The average Bonchev–Trinajstić information content (AvgIpc) is 2.68. The third-order valence-electron chi connectivity index (χ3n) is 5.77. The first kappa shape index (κ1) is 18.9. The molecule has 1 aliphatic rings. The molecule has 0 aliphatic carbocycles. The van der Waals surface area contributed by atoms with Gasteiger partial charge in [0, 0.05) is 24.3 Å². The van der Waals surface area contributed by atoms with Gasteiger partial charge in [-0.3, -0.25) is 0 Å². The number of hydrogen-bond acceptors (Lipinski definition) is 3. The second kappa shape index (κ2) is 8.70. The Morgan fingerprint density at radius 1 is 0.923 bits per heavy atom. The van der Waals surface area contributed by atoms with Crippen LogP contribution in [0.4, 0.5) is 5.69 Å². The molecule has 0 bridgehead atoms. The zero-order valence-corrected chi connectivity index (χ0v) is 16.4. The van der Waals surface area contributed by atoms with Crippen LogP contribution in [0.1, 0.15) is 24.5 Å². The van der Waals surface area contributed by atoms with Crippen LogP contribution in [0.15, 0.2) is 54.6 Å². The van der Waals surface area contributed by atoms with Crippen molar-refractivity contribution in [2.24, 2.45) is 0 Å². The third kappa shape index (κ3) is 4.87. The molecule has 1 heterocycles. The van der Waals surface area contributed by atoms with Gasteiger partial charge in [-0.2, -0.15) is 0 Å². The molecular formula is C23H32N2O. The van der Waals surface area contributed by atoms with E-state index >= 15 is 0 Å². The van der Waals surface area contributed by atoms with Crippen molar-refractivity contribution in [3.05, 3.63) is 65.7 Å². The molecule has 0 saturated carbocycles. The number of benzene rings is 2. The maximum absolute atomic E-state index is 5.45. The lowest BCUT2D eigenvalue weighted by Crippen LogP contribution is -2.43. The van der Waals surface area contributed by atoms with Crippen molar-refractivity contribution in [3.63, 3.8) is 0 Å². The Morgan fingerprint density at radius 3 is 2.19 bits per heavy atom. The number of aryl methyl sites for hydroxylation is 1. The second-order valence-corrected chi connectivity index (χ2v) is 7.82. The molecule has 140 valence electrons.